The summed E-state index contributed by atoms with van der Waals surface area (Å²) in [4.78, 5) is 37.8. The standard InChI is InChI=1S/C92H147NO8/c1-6-8-10-12-14-16-18-20-22-24-26-28-30-32-34-36-38-40-42-44-45-47-48-50-52-54-56-58-60-62-64-66-68-70-72-74-76-78-80-82-89(94)99-86-88(87-100-92(91(96)97)98-85-84-93(3,4)5)101-90(95)83-81-79-77-75-73-71-69-67-65-63-61-59-57-55-53-51-49-46-43-41-39-37-35-33-31-29-27-25-23-21-19-17-15-13-11-9-7-2/h8-11,14-17,20-23,26-29,32-35,38-41,44-46,49,53,55,59,61,65,67,88,92H,6-7,12-13,18-19,24-25,30-31,36-37,42-43,47-48,50-52,54,56-58,60,62-64,66,68-87H2,1-5H3/p+1/b10-8-,11-9-,16-14-,17-15-,22-20-,23-21-,28-26-,29-27-,34-32-,35-33-,40-38-,41-39-,45-44-,49-46-,55-53-,61-59-,67-65-. The molecule has 9 nitrogen and oxygen atoms in total. The van der Waals surface area contributed by atoms with Gasteiger partial charge in [0.25, 0.3) is 6.29 Å². The molecule has 2 atom stereocenters. The first-order valence-electron chi connectivity index (χ1n) is 40.2. The van der Waals surface area contributed by atoms with Crippen LogP contribution >= 0.6 is 0 Å². The van der Waals surface area contributed by atoms with Crippen LogP contribution in [0.3, 0.4) is 0 Å². The molecular weight excluding hydrogens is 1250 g/mol. The Bertz CT molecular complexity index is 2420. The number of hydrogen-bond donors (Lipinski definition) is 1. The molecule has 0 spiro atoms. The summed E-state index contributed by atoms with van der Waals surface area (Å²) in [5.74, 6) is -2.04. The first-order chi connectivity index (χ1) is 49.6. The van der Waals surface area contributed by atoms with E-state index in [2.05, 4.69) is 220 Å². The Hall–Kier alpha value is -6.13. The first kappa shape index (κ1) is 94.9. The third kappa shape index (κ3) is 81.0. The van der Waals surface area contributed by atoms with Gasteiger partial charge in [0.15, 0.2) is 6.10 Å². The number of ether oxygens (including phenoxy) is 4. The van der Waals surface area contributed by atoms with Crippen LogP contribution in [0.2, 0.25) is 0 Å². The monoisotopic (exact) mass is 1400 g/mol. The van der Waals surface area contributed by atoms with E-state index in [9.17, 15) is 19.5 Å². The maximum atomic E-state index is 13.0. The van der Waals surface area contributed by atoms with Gasteiger partial charge in [0, 0.05) is 12.8 Å². The third-order valence-electron chi connectivity index (χ3n) is 16.5. The van der Waals surface area contributed by atoms with Gasteiger partial charge in [-0.1, -0.05) is 342 Å². The molecule has 0 saturated heterocycles. The van der Waals surface area contributed by atoms with Crippen molar-refractivity contribution in [3.05, 3.63) is 207 Å². The lowest BCUT2D eigenvalue weighted by Crippen LogP contribution is -2.40. The molecule has 568 valence electrons. The number of likely N-dealkylation sites (N-methyl/N-ethyl adjacent to an activating group) is 1. The summed E-state index contributed by atoms with van der Waals surface area (Å²) >= 11 is 0. The highest BCUT2D eigenvalue weighted by atomic mass is 16.7. The number of carbonyl (C=O) groups excluding carboxylic acids is 2. The van der Waals surface area contributed by atoms with Gasteiger partial charge in [-0.2, -0.15) is 0 Å². The van der Waals surface area contributed by atoms with Crippen molar-refractivity contribution in [3.8, 4) is 0 Å². The lowest BCUT2D eigenvalue weighted by atomic mass is 10.0. The first-order valence-corrected chi connectivity index (χ1v) is 40.2. The lowest BCUT2D eigenvalue weighted by Gasteiger charge is -2.25. The normalized spacial score (nSPS) is 13.8. The predicted octanol–water partition coefficient (Wildman–Crippen LogP) is 26.3. The Morgan fingerprint density at radius 2 is 0.535 bits per heavy atom. The SMILES string of the molecule is CC/C=C\C/C=C\C/C=C\C/C=C\C/C=C\C/C=C\C/C=C\C/C=C\C/C=C\C/C=C\CCCCCCCCC(=O)OC(COC(=O)CCCCCCCCCCCCCCCCCCC/C=C\C/C=C\C/C=C\C/C=C\C/C=C\C/C=C\C/C=C\CC)COC(OCC[N+](C)(C)C)C(=O)O. The fraction of sp³-hybridized carbons (Fsp3) is 0.598. The summed E-state index contributed by atoms with van der Waals surface area (Å²) in [5, 5.41) is 9.78. The van der Waals surface area contributed by atoms with E-state index in [1.54, 1.807) is 0 Å². The molecule has 0 rings (SSSR count). The quantitative estimate of drug-likeness (QED) is 0.0211. The zero-order valence-corrected chi connectivity index (χ0v) is 65.0. The molecular formula is C92H148NO8+. The number of carbonyl (C=O) groups is 3. The largest absolute Gasteiger partial charge is 0.477 e. The van der Waals surface area contributed by atoms with Gasteiger partial charge >= 0.3 is 17.9 Å². The van der Waals surface area contributed by atoms with Gasteiger partial charge in [0.05, 0.1) is 34.4 Å². The number of carboxylic acid groups (broad SMARTS) is 1. The lowest BCUT2D eigenvalue weighted by molar-refractivity contribution is -0.870. The minimum Gasteiger partial charge on any atom is -0.477 e. The molecule has 1 N–H and O–H groups in total. The van der Waals surface area contributed by atoms with E-state index >= 15 is 0 Å². The summed E-state index contributed by atoms with van der Waals surface area (Å²) in [6.45, 7) is 4.62. The average Bonchev–Trinajstić information content (AvgIpc) is 1.25. The number of aliphatic carboxylic acids is 1. The Balaban J connectivity index is 4.13. The average molecular weight is 1400 g/mol. The molecule has 9 heteroatoms. The summed E-state index contributed by atoms with van der Waals surface area (Å²) in [6, 6.07) is 0. The zero-order valence-electron chi connectivity index (χ0n) is 65.0. The van der Waals surface area contributed by atoms with Crippen LogP contribution < -0.4 is 0 Å². The van der Waals surface area contributed by atoms with E-state index in [1.807, 2.05) is 21.1 Å². The molecule has 0 aromatic heterocycles. The molecule has 0 aliphatic rings. The van der Waals surface area contributed by atoms with Crippen LogP contribution in [0.5, 0.6) is 0 Å². The summed E-state index contributed by atoms with van der Waals surface area (Å²) in [5.41, 5.74) is 0. The minimum absolute atomic E-state index is 0.175. The Kier molecular flexibility index (Phi) is 74.7. The third-order valence-corrected chi connectivity index (χ3v) is 16.5. The van der Waals surface area contributed by atoms with E-state index in [0.29, 0.717) is 17.4 Å². The highest BCUT2D eigenvalue weighted by Crippen LogP contribution is 2.17. The van der Waals surface area contributed by atoms with E-state index in [0.717, 1.165) is 167 Å². The number of unbranched alkanes of at least 4 members (excludes halogenated alkanes) is 23. The topological polar surface area (TPSA) is 108 Å². The van der Waals surface area contributed by atoms with Gasteiger partial charge in [0.1, 0.15) is 13.2 Å². The van der Waals surface area contributed by atoms with Crippen molar-refractivity contribution in [2.45, 2.75) is 309 Å². The predicted molar refractivity (Wildman–Crippen MR) is 437 cm³/mol. The van der Waals surface area contributed by atoms with Crippen LogP contribution in [-0.4, -0.2) is 87.4 Å². The van der Waals surface area contributed by atoms with Gasteiger partial charge < -0.3 is 28.5 Å². The van der Waals surface area contributed by atoms with Gasteiger partial charge in [-0.25, -0.2) is 4.79 Å². The number of carboxylic acids is 1. The van der Waals surface area contributed by atoms with Gasteiger partial charge in [-0.3, -0.25) is 9.59 Å². The van der Waals surface area contributed by atoms with Gasteiger partial charge in [0.2, 0.25) is 0 Å². The second-order valence-corrected chi connectivity index (χ2v) is 27.3. The molecule has 0 aliphatic carbocycles. The van der Waals surface area contributed by atoms with Crippen LogP contribution in [0, 0.1) is 0 Å². The number of allylic oxidation sites excluding steroid dienone is 34. The smallest absolute Gasteiger partial charge is 0.361 e. The van der Waals surface area contributed by atoms with E-state index in [-0.39, 0.29) is 38.6 Å². The molecule has 101 heavy (non-hydrogen) atoms. The van der Waals surface area contributed by atoms with Crippen molar-refractivity contribution in [1.82, 2.24) is 0 Å². The van der Waals surface area contributed by atoms with Gasteiger partial charge in [-0.15, -0.1) is 0 Å². The van der Waals surface area contributed by atoms with E-state index in [4.69, 9.17) is 18.9 Å². The second-order valence-electron chi connectivity index (χ2n) is 27.3. The summed E-state index contributed by atoms with van der Waals surface area (Å²) in [7, 11) is 5.97. The molecule has 0 saturated carbocycles. The van der Waals surface area contributed by atoms with Crippen LogP contribution in [-0.2, 0) is 33.3 Å². The minimum atomic E-state index is -1.53. The molecule has 0 aromatic rings. The number of nitrogens with zero attached hydrogens (tertiary/aromatic N) is 1. The highest BCUT2D eigenvalue weighted by Gasteiger charge is 2.25. The van der Waals surface area contributed by atoms with Crippen molar-refractivity contribution >= 4 is 17.9 Å². The van der Waals surface area contributed by atoms with E-state index in [1.165, 1.54) is 96.3 Å². The molecule has 0 aliphatic heterocycles. The Morgan fingerprint density at radius 1 is 0.297 bits per heavy atom. The van der Waals surface area contributed by atoms with Crippen molar-refractivity contribution in [1.29, 1.82) is 0 Å². The Labute approximate surface area is 620 Å². The summed E-state index contributed by atoms with van der Waals surface area (Å²) in [6.07, 6.45) is 121. The molecule has 0 radical (unpaired) electrons. The fourth-order valence-electron chi connectivity index (χ4n) is 10.5. The molecule has 0 heterocycles. The summed E-state index contributed by atoms with van der Waals surface area (Å²) < 4.78 is 23.0. The van der Waals surface area contributed by atoms with Crippen molar-refractivity contribution < 1.29 is 42.9 Å². The fourth-order valence-corrected chi connectivity index (χ4v) is 10.5. The van der Waals surface area contributed by atoms with E-state index < -0.39 is 24.3 Å². The van der Waals surface area contributed by atoms with Crippen LogP contribution in [0.25, 0.3) is 0 Å². The number of hydrogen-bond acceptors (Lipinski definition) is 7. The maximum Gasteiger partial charge on any atom is 0.361 e. The Morgan fingerprint density at radius 3 is 0.792 bits per heavy atom. The molecule has 0 aromatic carbocycles. The second kappa shape index (κ2) is 79.6. The van der Waals surface area contributed by atoms with Crippen molar-refractivity contribution in [2.75, 3.05) is 47.5 Å². The maximum absolute atomic E-state index is 13.0. The van der Waals surface area contributed by atoms with Crippen molar-refractivity contribution in [3.63, 3.8) is 0 Å². The van der Waals surface area contributed by atoms with Crippen LogP contribution in [0.15, 0.2) is 207 Å². The van der Waals surface area contributed by atoms with Crippen molar-refractivity contribution in [2.24, 2.45) is 0 Å². The number of esters is 2. The number of quaternary nitrogens is 1. The highest BCUT2D eigenvalue weighted by molar-refractivity contribution is 5.71. The zero-order chi connectivity index (χ0) is 73.2. The molecule has 0 fully saturated rings. The molecule has 0 bridgehead atoms. The van der Waals surface area contributed by atoms with Crippen LogP contribution in [0.1, 0.15) is 296 Å². The molecule has 0 amide bonds. The van der Waals surface area contributed by atoms with Crippen LogP contribution in [0.4, 0.5) is 0 Å². The van der Waals surface area contributed by atoms with Gasteiger partial charge in [-0.05, 0) is 148 Å². The number of rotatable bonds is 72. The molecule has 2 unspecified atom stereocenters.